The number of hydrogen-bond donors (Lipinski definition) is 0. The molecule has 1 unspecified atom stereocenters. The Balaban J connectivity index is 1.53. The summed E-state index contributed by atoms with van der Waals surface area (Å²) < 4.78 is 3.19. The Labute approximate surface area is 170 Å². The van der Waals surface area contributed by atoms with Gasteiger partial charge in [-0.3, -0.25) is 14.2 Å². The number of benzene rings is 1. The lowest BCUT2D eigenvalue weighted by molar-refractivity contribution is -0.135. The number of carbonyl (C=O) groups is 1. The van der Waals surface area contributed by atoms with Crippen molar-refractivity contribution < 1.29 is 4.79 Å². The zero-order valence-electron chi connectivity index (χ0n) is 17.0. The van der Waals surface area contributed by atoms with Crippen molar-refractivity contribution in [2.45, 2.75) is 58.5 Å². The van der Waals surface area contributed by atoms with E-state index in [4.69, 9.17) is 0 Å². The van der Waals surface area contributed by atoms with Gasteiger partial charge in [0.05, 0.1) is 18.2 Å². The number of hydrogen-bond acceptors (Lipinski definition) is 4. The van der Waals surface area contributed by atoms with E-state index < -0.39 is 0 Å². The second-order valence-corrected chi connectivity index (χ2v) is 7.77. The highest BCUT2D eigenvalue weighted by Crippen LogP contribution is 2.20. The van der Waals surface area contributed by atoms with Gasteiger partial charge in [-0.1, -0.05) is 24.6 Å². The minimum absolute atomic E-state index is 0.124. The fourth-order valence-electron chi connectivity index (χ4n) is 4.10. The average Bonchev–Trinajstić information content (AvgIpc) is 3.18. The fourth-order valence-corrected chi connectivity index (χ4v) is 4.10. The van der Waals surface area contributed by atoms with Crippen LogP contribution in [0.4, 0.5) is 0 Å². The van der Waals surface area contributed by atoms with Crippen LogP contribution in [-0.4, -0.2) is 42.7 Å². The largest absolute Gasteiger partial charge is 0.340 e. The first kappa shape index (κ1) is 19.4. The molecule has 0 N–H and O–H groups in total. The molecular formula is C22H27N5O2. The van der Waals surface area contributed by atoms with E-state index in [1.54, 1.807) is 10.9 Å². The quantitative estimate of drug-likeness (QED) is 0.668. The summed E-state index contributed by atoms with van der Waals surface area (Å²) in [5, 5.41) is 4.82. The first-order valence-corrected chi connectivity index (χ1v) is 10.4. The van der Waals surface area contributed by atoms with Crippen molar-refractivity contribution >= 4 is 16.9 Å². The van der Waals surface area contributed by atoms with Gasteiger partial charge in [-0.2, -0.15) is 5.10 Å². The van der Waals surface area contributed by atoms with Crippen molar-refractivity contribution in [2.75, 3.05) is 6.54 Å². The van der Waals surface area contributed by atoms with E-state index in [0.717, 1.165) is 37.1 Å². The normalized spacial score (nSPS) is 17.0. The van der Waals surface area contributed by atoms with E-state index in [0.29, 0.717) is 30.0 Å². The van der Waals surface area contributed by atoms with E-state index in [2.05, 4.69) is 17.0 Å². The number of piperidine rings is 1. The molecular weight excluding hydrogens is 366 g/mol. The van der Waals surface area contributed by atoms with Crippen molar-refractivity contribution in [3.05, 3.63) is 52.7 Å². The molecule has 1 fully saturated rings. The molecule has 1 aliphatic heterocycles. The van der Waals surface area contributed by atoms with Crippen LogP contribution in [0.2, 0.25) is 0 Å². The average molecular weight is 393 g/mol. The van der Waals surface area contributed by atoms with Crippen LogP contribution in [0, 0.1) is 6.92 Å². The van der Waals surface area contributed by atoms with Crippen LogP contribution >= 0.6 is 0 Å². The van der Waals surface area contributed by atoms with Crippen LogP contribution in [0.25, 0.3) is 16.7 Å². The number of carbonyl (C=O) groups excluding carboxylic acids is 1. The van der Waals surface area contributed by atoms with Crippen molar-refractivity contribution in [3.63, 3.8) is 0 Å². The van der Waals surface area contributed by atoms with Crippen LogP contribution in [0.3, 0.4) is 0 Å². The summed E-state index contributed by atoms with van der Waals surface area (Å²) in [5.74, 6) is 0.124. The van der Waals surface area contributed by atoms with Gasteiger partial charge in [0.1, 0.15) is 5.39 Å². The molecule has 0 radical (unpaired) electrons. The lowest BCUT2D eigenvalue weighted by Gasteiger charge is -2.35. The summed E-state index contributed by atoms with van der Waals surface area (Å²) in [6, 6.07) is 8.24. The van der Waals surface area contributed by atoms with Gasteiger partial charge in [-0.05, 0) is 44.7 Å². The minimum Gasteiger partial charge on any atom is -0.340 e. The molecule has 0 aliphatic carbocycles. The van der Waals surface area contributed by atoms with Gasteiger partial charge < -0.3 is 4.90 Å². The second kappa shape index (κ2) is 8.19. The van der Waals surface area contributed by atoms with Crippen LogP contribution in [0.15, 0.2) is 41.6 Å². The monoisotopic (exact) mass is 393 g/mol. The lowest BCUT2D eigenvalue weighted by atomic mass is 9.99. The summed E-state index contributed by atoms with van der Waals surface area (Å²) in [6.07, 6.45) is 7.71. The number of rotatable bonds is 5. The third-order valence-electron chi connectivity index (χ3n) is 5.82. The van der Waals surface area contributed by atoms with Crippen molar-refractivity contribution in [1.82, 2.24) is 24.2 Å². The predicted molar refractivity (Wildman–Crippen MR) is 112 cm³/mol. The van der Waals surface area contributed by atoms with E-state index in [-0.39, 0.29) is 11.5 Å². The molecule has 29 heavy (non-hydrogen) atoms. The van der Waals surface area contributed by atoms with E-state index in [1.165, 1.54) is 17.3 Å². The molecule has 1 atom stereocenters. The number of aryl methyl sites for hydroxylation is 2. The Morgan fingerprint density at radius 3 is 2.76 bits per heavy atom. The van der Waals surface area contributed by atoms with Crippen LogP contribution in [-0.2, 0) is 11.3 Å². The van der Waals surface area contributed by atoms with Gasteiger partial charge in [0, 0.05) is 25.6 Å². The van der Waals surface area contributed by atoms with E-state index in [1.807, 2.05) is 36.1 Å². The summed E-state index contributed by atoms with van der Waals surface area (Å²) in [6.45, 7) is 5.32. The molecule has 3 heterocycles. The van der Waals surface area contributed by atoms with Gasteiger partial charge >= 0.3 is 0 Å². The van der Waals surface area contributed by atoms with Crippen molar-refractivity contribution in [1.29, 1.82) is 0 Å². The lowest BCUT2D eigenvalue weighted by Crippen LogP contribution is -2.43. The van der Waals surface area contributed by atoms with Gasteiger partial charge in [0.2, 0.25) is 5.91 Å². The smallest absolute Gasteiger partial charge is 0.264 e. The molecule has 1 saturated heterocycles. The van der Waals surface area contributed by atoms with Gasteiger partial charge in [0.25, 0.3) is 5.56 Å². The second-order valence-electron chi connectivity index (χ2n) is 7.77. The molecule has 3 aromatic rings. The molecule has 1 amide bonds. The maximum atomic E-state index is 12.9. The maximum absolute atomic E-state index is 12.9. The van der Waals surface area contributed by atoms with Crippen molar-refractivity contribution in [3.8, 4) is 5.69 Å². The number of nitrogens with zero attached hydrogens (tertiary/aromatic N) is 5. The Morgan fingerprint density at radius 2 is 2.00 bits per heavy atom. The molecule has 7 heteroatoms. The molecule has 0 spiro atoms. The SMILES string of the molecule is CCC1CCCCN1C(=O)CCn1cnc2c(cnn2-c2ccc(C)cc2)c1=O. The van der Waals surface area contributed by atoms with Crippen LogP contribution < -0.4 is 5.56 Å². The maximum Gasteiger partial charge on any atom is 0.264 e. The summed E-state index contributed by atoms with van der Waals surface area (Å²) in [5.41, 5.74) is 2.39. The molecule has 2 aromatic heterocycles. The highest BCUT2D eigenvalue weighted by molar-refractivity contribution is 5.77. The Bertz CT molecular complexity index is 1070. The Kier molecular flexibility index (Phi) is 5.47. The topological polar surface area (TPSA) is 73.0 Å². The third-order valence-corrected chi connectivity index (χ3v) is 5.82. The first-order chi connectivity index (χ1) is 14.1. The number of aromatic nitrogens is 4. The zero-order valence-corrected chi connectivity index (χ0v) is 17.0. The zero-order chi connectivity index (χ0) is 20.4. The van der Waals surface area contributed by atoms with Gasteiger partial charge in [0.15, 0.2) is 5.65 Å². The molecule has 4 rings (SSSR count). The Morgan fingerprint density at radius 1 is 1.21 bits per heavy atom. The van der Waals surface area contributed by atoms with Crippen molar-refractivity contribution in [2.24, 2.45) is 0 Å². The first-order valence-electron chi connectivity index (χ1n) is 10.4. The van der Waals surface area contributed by atoms with Gasteiger partial charge in [-0.25, -0.2) is 9.67 Å². The Hall–Kier alpha value is -2.96. The van der Waals surface area contributed by atoms with E-state index >= 15 is 0 Å². The minimum atomic E-state index is -0.160. The van der Waals surface area contributed by atoms with E-state index in [9.17, 15) is 9.59 Å². The summed E-state index contributed by atoms with van der Waals surface area (Å²) in [7, 11) is 0. The highest BCUT2D eigenvalue weighted by Gasteiger charge is 2.25. The standard InChI is InChI=1S/C22H27N5O2/c1-3-17-6-4-5-12-26(17)20(28)11-13-25-15-23-21-19(22(25)29)14-24-27(21)18-9-7-16(2)8-10-18/h7-10,14-15,17H,3-6,11-13H2,1-2H3. The number of amides is 1. The molecule has 1 aliphatic rings. The number of fused-ring (bicyclic) bond motifs is 1. The predicted octanol–water partition coefficient (Wildman–Crippen LogP) is 3.07. The molecule has 7 nitrogen and oxygen atoms in total. The summed E-state index contributed by atoms with van der Waals surface area (Å²) >= 11 is 0. The van der Waals surface area contributed by atoms with Crippen LogP contribution in [0.1, 0.15) is 44.6 Å². The molecule has 152 valence electrons. The third kappa shape index (κ3) is 3.81. The highest BCUT2D eigenvalue weighted by atomic mass is 16.2. The molecule has 0 bridgehead atoms. The fraction of sp³-hybridized carbons (Fsp3) is 0.455. The summed E-state index contributed by atoms with van der Waals surface area (Å²) in [4.78, 5) is 32.0. The molecule has 0 saturated carbocycles. The molecule has 1 aromatic carbocycles. The van der Waals surface area contributed by atoms with Gasteiger partial charge in [-0.15, -0.1) is 0 Å². The van der Waals surface area contributed by atoms with Crippen LogP contribution in [0.5, 0.6) is 0 Å². The number of likely N-dealkylation sites (tertiary alicyclic amines) is 1.